The first-order valence-electron chi connectivity index (χ1n) is 8.13. The van der Waals surface area contributed by atoms with E-state index < -0.39 is 17.7 Å². The highest BCUT2D eigenvalue weighted by Crippen LogP contribution is 2.42. The molecule has 2 heterocycles. The molecule has 0 saturated carbocycles. The summed E-state index contributed by atoms with van der Waals surface area (Å²) in [5, 5.41) is 10.8. The van der Waals surface area contributed by atoms with Gasteiger partial charge in [0.05, 0.1) is 11.8 Å². The summed E-state index contributed by atoms with van der Waals surface area (Å²) in [6, 6.07) is 20.1. The van der Waals surface area contributed by atoms with Crippen molar-refractivity contribution in [3.05, 3.63) is 96.0 Å². The standard InChI is InChI=1S/C21H15NO4/c23-19(14-8-3-1-4-9-14)17-18(16-12-7-13-26-16)22(21(25)20(17)24)15-10-5-2-6-11-15/h1-13,18,23H/b19-17-. The molecule has 1 amide bonds. The fourth-order valence-electron chi connectivity index (χ4n) is 3.15. The average Bonchev–Trinajstić information content (AvgIpc) is 3.30. The second kappa shape index (κ2) is 6.37. The number of hydrogen-bond donors (Lipinski definition) is 1. The van der Waals surface area contributed by atoms with Crippen LogP contribution in [0, 0.1) is 0 Å². The van der Waals surface area contributed by atoms with Gasteiger partial charge in [0.25, 0.3) is 11.7 Å². The van der Waals surface area contributed by atoms with Gasteiger partial charge in [-0.3, -0.25) is 14.5 Å². The van der Waals surface area contributed by atoms with E-state index in [4.69, 9.17) is 4.42 Å². The van der Waals surface area contributed by atoms with E-state index in [1.807, 2.05) is 12.1 Å². The first-order chi connectivity index (χ1) is 12.7. The molecule has 1 aromatic heterocycles. The third-order valence-corrected chi connectivity index (χ3v) is 4.34. The number of aliphatic hydroxyl groups is 1. The molecule has 1 saturated heterocycles. The first-order valence-corrected chi connectivity index (χ1v) is 8.13. The van der Waals surface area contributed by atoms with E-state index in [1.54, 1.807) is 60.7 Å². The van der Waals surface area contributed by atoms with E-state index in [0.29, 0.717) is 17.0 Å². The molecular formula is C21H15NO4. The molecule has 26 heavy (non-hydrogen) atoms. The lowest BCUT2D eigenvalue weighted by molar-refractivity contribution is -0.132. The first kappa shape index (κ1) is 15.9. The smallest absolute Gasteiger partial charge is 0.300 e. The van der Waals surface area contributed by atoms with Crippen molar-refractivity contribution in [1.82, 2.24) is 0 Å². The van der Waals surface area contributed by atoms with Crippen molar-refractivity contribution in [3.8, 4) is 0 Å². The summed E-state index contributed by atoms with van der Waals surface area (Å²) in [4.78, 5) is 26.9. The van der Waals surface area contributed by atoms with Crippen molar-refractivity contribution >= 4 is 23.1 Å². The number of carbonyl (C=O) groups is 2. The van der Waals surface area contributed by atoms with Gasteiger partial charge in [-0.15, -0.1) is 0 Å². The topological polar surface area (TPSA) is 70.8 Å². The maximum atomic E-state index is 12.8. The molecule has 2 aromatic carbocycles. The van der Waals surface area contributed by atoms with Crippen LogP contribution in [0.4, 0.5) is 5.69 Å². The zero-order valence-electron chi connectivity index (χ0n) is 13.7. The Balaban J connectivity index is 1.94. The highest BCUT2D eigenvalue weighted by molar-refractivity contribution is 6.51. The molecule has 1 aliphatic rings. The summed E-state index contributed by atoms with van der Waals surface area (Å²) in [6.07, 6.45) is 1.48. The van der Waals surface area contributed by atoms with Gasteiger partial charge in [0.1, 0.15) is 17.6 Å². The van der Waals surface area contributed by atoms with Crippen LogP contribution in [0.1, 0.15) is 17.4 Å². The monoisotopic (exact) mass is 345 g/mol. The maximum absolute atomic E-state index is 12.8. The molecule has 5 heteroatoms. The van der Waals surface area contributed by atoms with Gasteiger partial charge in [-0.2, -0.15) is 0 Å². The van der Waals surface area contributed by atoms with Crippen LogP contribution in [0.2, 0.25) is 0 Å². The third-order valence-electron chi connectivity index (χ3n) is 4.34. The van der Waals surface area contributed by atoms with Crippen LogP contribution in [0.5, 0.6) is 0 Å². The molecule has 0 bridgehead atoms. The van der Waals surface area contributed by atoms with Crippen molar-refractivity contribution in [2.45, 2.75) is 6.04 Å². The van der Waals surface area contributed by atoms with Crippen LogP contribution in [-0.4, -0.2) is 16.8 Å². The van der Waals surface area contributed by atoms with Crippen LogP contribution < -0.4 is 4.90 Å². The zero-order chi connectivity index (χ0) is 18.1. The van der Waals surface area contributed by atoms with Crippen LogP contribution in [0.25, 0.3) is 5.76 Å². The molecule has 1 aliphatic heterocycles. The molecule has 5 nitrogen and oxygen atoms in total. The van der Waals surface area contributed by atoms with Gasteiger partial charge in [-0.1, -0.05) is 48.5 Å². The summed E-state index contributed by atoms with van der Waals surface area (Å²) >= 11 is 0. The fourth-order valence-corrected chi connectivity index (χ4v) is 3.15. The Morgan fingerprint density at radius 1 is 0.885 bits per heavy atom. The number of anilines is 1. The van der Waals surface area contributed by atoms with E-state index in [-0.39, 0.29) is 11.3 Å². The molecule has 0 aliphatic carbocycles. The summed E-state index contributed by atoms with van der Waals surface area (Å²) < 4.78 is 5.49. The van der Waals surface area contributed by atoms with Crippen molar-refractivity contribution in [2.75, 3.05) is 4.90 Å². The van der Waals surface area contributed by atoms with Crippen molar-refractivity contribution in [3.63, 3.8) is 0 Å². The molecule has 1 atom stereocenters. The Bertz CT molecular complexity index is 975. The minimum Gasteiger partial charge on any atom is -0.507 e. The largest absolute Gasteiger partial charge is 0.507 e. The molecule has 1 unspecified atom stereocenters. The van der Waals surface area contributed by atoms with E-state index >= 15 is 0 Å². The van der Waals surface area contributed by atoms with Crippen LogP contribution in [-0.2, 0) is 9.59 Å². The Labute approximate surface area is 149 Å². The van der Waals surface area contributed by atoms with Gasteiger partial charge >= 0.3 is 0 Å². The number of aliphatic hydroxyl groups excluding tert-OH is 1. The van der Waals surface area contributed by atoms with Crippen LogP contribution in [0.15, 0.2) is 89.0 Å². The summed E-state index contributed by atoms with van der Waals surface area (Å²) in [5.41, 5.74) is 1.04. The summed E-state index contributed by atoms with van der Waals surface area (Å²) in [6.45, 7) is 0. The van der Waals surface area contributed by atoms with Crippen molar-refractivity contribution in [2.24, 2.45) is 0 Å². The summed E-state index contributed by atoms with van der Waals surface area (Å²) in [7, 11) is 0. The van der Waals surface area contributed by atoms with E-state index in [0.717, 1.165) is 0 Å². The Morgan fingerprint density at radius 2 is 1.54 bits per heavy atom. The molecular weight excluding hydrogens is 330 g/mol. The van der Waals surface area contributed by atoms with Crippen molar-refractivity contribution in [1.29, 1.82) is 0 Å². The number of Topliss-reactive ketones (excluding diaryl/α,β-unsaturated/α-hetero) is 1. The zero-order valence-corrected chi connectivity index (χ0v) is 13.7. The second-order valence-electron chi connectivity index (χ2n) is 5.89. The molecule has 1 N–H and O–H groups in total. The lowest BCUT2D eigenvalue weighted by atomic mass is 9.99. The molecule has 1 fully saturated rings. The predicted octanol–water partition coefficient (Wildman–Crippen LogP) is 3.91. The quantitative estimate of drug-likeness (QED) is 0.444. The maximum Gasteiger partial charge on any atom is 0.300 e. The Kier molecular flexibility index (Phi) is 3.89. The van der Waals surface area contributed by atoms with Gasteiger partial charge in [-0.05, 0) is 24.3 Å². The molecule has 0 spiro atoms. The highest BCUT2D eigenvalue weighted by Gasteiger charge is 2.48. The van der Waals surface area contributed by atoms with Gasteiger partial charge in [0.15, 0.2) is 0 Å². The number of furan rings is 1. The number of rotatable bonds is 3. The SMILES string of the molecule is O=C1C(=O)N(c2ccccc2)C(c2ccco2)/C1=C(/O)c1ccccc1. The van der Waals surface area contributed by atoms with Gasteiger partial charge in [0, 0.05) is 11.3 Å². The third kappa shape index (κ3) is 2.50. The van der Waals surface area contributed by atoms with E-state index in [9.17, 15) is 14.7 Å². The normalized spacial score (nSPS) is 19.1. The molecule has 128 valence electrons. The van der Waals surface area contributed by atoms with Crippen LogP contribution >= 0.6 is 0 Å². The second-order valence-corrected chi connectivity index (χ2v) is 5.89. The van der Waals surface area contributed by atoms with Gasteiger partial charge in [0.2, 0.25) is 0 Å². The number of nitrogens with zero attached hydrogens (tertiary/aromatic N) is 1. The Morgan fingerprint density at radius 3 is 2.15 bits per heavy atom. The van der Waals surface area contributed by atoms with Gasteiger partial charge in [-0.25, -0.2) is 0 Å². The number of para-hydroxylation sites is 1. The fraction of sp³-hybridized carbons (Fsp3) is 0.0476. The number of carbonyl (C=O) groups excluding carboxylic acids is 2. The van der Waals surface area contributed by atoms with E-state index in [2.05, 4.69) is 0 Å². The number of ketones is 1. The summed E-state index contributed by atoms with van der Waals surface area (Å²) in [5.74, 6) is -1.25. The van der Waals surface area contributed by atoms with E-state index in [1.165, 1.54) is 11.2 Å². The molecule has 4 rings (SSSR count). The molecule has 3 aromatic rings. The number of amides is 1. The minimum absolute atomic E-state index is 0.0139. The Hall–Kier alpha value is -3.60. The minimum atomic E-state index is -0.826. The van der Waals surface area contributed by atoms with Crippen molar-refractivity contribution < 1.29 is 19.1 Å². The predicted molar refractivity (Wildman–Crippen MR) is 96.4 cm³/mol. The van der Waals surface area contributed by atoms with Crippen LogP contribution in [0.3, 0.4) is 0 Å². The lowest BCUT2D eigenvalue weighted by Crippen LogP contribution is -2.29. The lowest BCUT2D eigenvalue weighted by Gasteiger charge is -2.23. The highest BCUT2D eigenvalue weighted by atomic mass is 16.3. The average molecular weight is 345 g/mol. The molecule has 0 radical (unpaired) electrons. The number of hydrogen-bond acceptors (Lipinski definition) is 4. The number of benzene rings is 2. The van der Waals surface area contributed by atoms with Gasteiger partial charge < -0.3 is 9.52 Å².